The Morgan fingerprint density at radius 1 is 0.913 bits per heavy atom. The van der Waals surface area contributed by atoms with Crippen molar-refractivity contribution in [1.29, 1.82) is 0 Å². The highest BCUT2D eigenvalue weighted by atomic mass is 16.4. The number of urea groups is 1. The lowest BCUT2D eigenvalue weighted by molar-refractivity contribution is -0.131. The van der Waals surface area contributed by atoms with Crippen molar-refractivity contribution in [3.05, 3.63) is 29.3 Å². The molecule has 0 aliphatic carbocycles. The third-order valence-electron chi connectivity index (χ3n) is 2.67. The van der Waals surface area contributed by atoms with E-state index in [0.29, 0.717) is 0 Å². The second-order valence-electron chi connectivity index (χ2n) is 4.30. The first-order valence-electron chi connectivity index (χ1n) is 5.96. The van der Waals surface area contributed by atoms with Crippen LogP contribution in [-0.4, -0.2) is 46.0 Å². The van der Waals surface area contributed by atoms with Gasteiger partial charge in [-0.1, -0.05) is 0 Å². The Balaban J connectivity index is 2.33. The molecule has 11 nitrogen and oxygen atoms in total. The van der Waals surface area contributed by atoms with Crippen molar-refractivity contribution in [2.45, 2.75) is 6.04 Å². The Labute approximate surface area is 127 Å². The van der Waals surface area contributed by atoms with Gasteiger partial charge in [0, 0.05) is 0 Å². The summed E-state index contributed by atoms with van der Waals surface area (Å²) in [4.78, 5) is 55.7. The highest BCUT2D eigenvalue weighted by molar-refractivity contribution is 6.18. The zero-order valence-electron chi connectivity index (χ0n) is 11.1. The number of hydrogen-bond donors (Lipinski definition) is 4. The van der Waals surface area contributed by atoms with Crippen molar-refractivity contribution in [2.24, 2.45) is 10.2 Å². The Kier molecular flexibility index (Phi) is 4.12. The van der Waals surface area contributed by atoms with E-state index in [4.69, 9.17) is 10.2 Å². The summed E-state index contributed by atoms with van der Waals surface area (Å²) in [7, 11) is 0. The first-order valence-corrected chi connectivity index (χ1v) is 5.96. The van der Waals surface area contributed by atoms with Crippen molar-refractivity contribution in [3.8, 4) is 0 Å². The molecule has 118 valence electrons. The summed E-state index contributed by atoms with van der Waals surface area (Å²) in [6.45, 7) is 0. The third kappa shape index (κ3) is 3.53. The number of carbonyl (C=O) groups excluding carboxylic acids is 3. The average Bonchev–Trinajstić information content (AvgIpc) is 2.45. The lowest BCUT2D eigenvalue weighted by Crippen LogP contribution is -2.57. The van der Waals surface area contributed by atoms with Crippen LogP contribution in [0.1, 0.15) is 20.7 Å². The second-order valence-corrected chi connectivity index (χ2v) is 4.30. The molecule has 0 bridgehead atoms. The number of nitrogens with zero attached hydrogens (tertiary/aromatic N) is 2. The molecule has 0 saturated carbocycles. The molecule has 4 N–H and O–H groups in total. The van der Waals surface area contributed by atoms with Crippen molar-refractivity contribution in [3.63, 3.8) is 0 Å². The number of azo groups is 1. The Hall–Kier alpha value is -3.63. The van der Waals surface area contributed by atoms with Crippen LogP contribution in [0.25, 0.3) is 0 Å². The predicted octanol–water partition coefficient (Wildman–Crippen LogP) is -0.0987. The number of carboxylic acid groups (broad SMARTS) is 2. The number of carbonyl (C=O) groups is 5. The molecule has 0 atom stereocenters. The van der Waals surface area contributed by atoms with Crippen molar-refractivity contribution < 1.29 is 34.2 Å². The molecule has 1 aliphatic rings. The van der Waals surface area contributed by atoms with E-state index < -0.39 is 35.8 Å². The minimum atomic E-state index is -1.64. The van der Waals surface area contributed by atoms with Crippen LogP contribution >= 0.6 is 0 Å². The summed E-state index contributed by atoms with van der Waals surface area (Å²) in [5.41, 5.74) is -0.891. The Morgan fingerprint density at radius 3 is 1.83 bits per heavy atom. The Bertz CT molecular complexity index is 718. The molecule has 1 aliphatic heterocycles. The monoisotopic (exact) mass is 320 g/mol. The maximum Gasteiger partial charge on any atom is 0.335 e. The summed E-state index contributed by atoms with van der Waals surface area (Å²) in [5.74, 6) is -4.78. The number of barbiturate groups is 1. The molecule has 0 radical (unpaired) electrons. The SMILES string of the molecule is O=C1NC(=O)C(N=Nc2cc(C(=O)O)cc(C(=O)O)c2)C(=O)N1. The number of aromatic carboxylic acids is 2. The molecule has 0 unspecified atom stereocenters. The fourth-order valence-corrected chi connectivity index (χ4v) is 1.66. The summed E-state index contributed by atoms with van der Waals surface area (Å²) in [6, 6.07) is 0.314. The number of imide groups is 2. The van der Waals surface area contributed by atoms with E-state index in [2.05, 4.69) is 10.2 Å². The summed E-state index contributed by atoms with van der Waals surface area (Å²) in [6.07, 6.45) is 0. The maximum atomic E-state index is 11.5. The molecule has 11 heteroatoms. The first kappa shape index (κ1) is 15.8. The van der Waals surface area contributed by atoms with Gasteiger partial charge in [-0.25, -0.2) is 14.4 Å². The highest BCUT2D eigenvalue weighted by Gasteiger charge is 2.34. The number of benzene rings is 1. The van der Waals surface area contributed by atoms with Crippen molar-refractivity contribution >= 4 is 35.5 Å². The fourth-order valence-electron chi connectivity index (χ4n) is 1.66. The minimum absolute atomic E-state index is 0.181. The van der Waals surface area contributed by atoms with E-state index in [1.165, 1.54) is 0 Å². The molecule has 1 heterocycles. The van der Waals surface area contributed by atoms with Crippen LogP contribution in [0.15, 0.2) is 28.4 Å². The lowest BCUT2D eigenvalue weighted by atomic mass is 10.1. The first-order chi connectivity index (χ1) is 10.8. The largest absolute Gasteiger partial charge is 0.478 e. The van der Waals surface area contributed by atoms with Crippen LogP contribution in [-0.2, 0) is 9.59 Å². The van der Waals surface area contributed by atoms with Crippen LogP contribution in [0, 0.1) is 0 Å². The number of rotatable bonds is 4. The zero-order valence-corrected chi connectivity index (χ0v) is 11.1. The van der Waals surface area contributed by atoms with Gasteiger partial charge in [-0.3, -0.25) is 20.2 Å². The molecular formula is C12H8N4O7. The van der Waals surface area contributed by atoms with Gasteiger partial charge in [0.25, 0.3) is 11.8 Å². The molecule has 1 fully saturated rings. The molecular weight excluding hydrogens is 312 g/mol. The normalized spacial score (nSPS) is 15.4. The van der Waals surface area contributed by atoms with Crippen molar-refractivity contribution in [1.82, 2.24) is 10.6 Å². The molecule has 0 spiro atoms. The van der Waals surface area contributed by atoms with Crippen LogP contribution in [0.2, 0.25) is 0 Å². The van der Waals surface area contributed by atoms with E-state index in [0.717, 1.165) is 18.2 Å². The van der Waals surface area contributed by atoms with Crippen LogP contribution < -0.4 is 10.6 Å². The van der Waals surface area contributed by atoms with E-state index in [-0.39, 0.29) is 16.8 Å². The zero-order chi connectivity index (χ0) is 17.1. The predicted molar refractivity (Wildman–Crippen MR) is 70.3 cm³/mol. The molecule has 1 aromatic rings. The highest BCUT2D eigenvalue weighted by Crippen LogP contribution is 2.19. The van der Waals surface area contributed by atoms with Gasteiger partial charge < -0.3 is 10.2 Å². The van der Waals surface area contributed by atoms with Gasteiger partial charge in [-0.2, -0.15) is 10.2 Å². The molecule has 4 amide bonds. The number of hydrogen-bond acceptors (Lipinski definition) is 7. The van der Waals surface area contributed by atoms with Gasteiger partial charge in [-0.15, -0.1) is 0 Å². The lowest BCUT2D eigenvalue weighted by Gasteiger charge is -2.16. The van der Waals surface area contributed by atoms with Crippen LogP contribution in [0.4, 0.5) is 10.5 Å². The third-order valence-corrected chi connectivity index (χ3v) is 2.67. The number of amides is 4. The summed E-state index contributed by atoms with van der Waals surface area (Å²) < 4.78 is 0. The molecule has 23 heavy (non-hydrogen) atoms. The maximum absolute atomic E-state index is 11.5. The standard InChI is InChI=1S/C12H8N4O7/c17-8-7(9(18)14-12(23)13-8)16-15-6-2-4(10(19)20)1-5(3-6)11(21)22/h1-3,7H,(H,19,20)(H,21,22)(H2,13,14,17,18,23). The van der Waals surface area contributed by atoms with E-state index in [9.17, 15) is 24.0 Å². The van der Waals surface area contributed by atoms with E-state index in [1.807, 2.05) is 0 Å². The summed E-state index contributed by atoms with van der Waals surface area (Å²) in [5, 5.41) is 28.4. The minimum Gasteiger partial charge on any atom is -0.478 e. The van der Waals surface area contributed by atoms with Crippen LogP contribution in [0.5, 0.6) is 0 Å². The molecule has 0 aromatic heterocycles. The number of carboxylic acids is 2. The number of nitrogens with one attached hydrogen (secondary N) is 2. The van der Waals surface area contributed by atoms with Gasteiger partial charge in [0.05, 0.1) is 16.8 Å². The van der Waals surface area contributed by atoms with Gasteiger partial charge in [0.1, 0.15) is 0 Å². The van der Waals surface area contributed by atoms with Crippen LogP contribution in [0.3, 0.4) is 0 Å². The topological polar surface area (TPSA) is 175 Å². The summed E-state index contributed by atoms with van der Waals surface area (Å²) >= 11 is 0. The molecule has 2 rings (SSSR count). The van der Waals surface area contributed by atoms with E-state index >= 15 is 0 Å². The van der Waals surface area contributed by atoms with Gasteiger partial charge >= 0.3 is 18.0 Å². The quantitative estimate of drug-likeness (QED) is 0.442. The van der Waals surface area contributed by atoms with Gasteiger partial charge in [-0.05, 0) is 18.2 Å². The fraction of sp³-hybridized carbons (Fsp3) is 0.0833. The molecule has 1 saturated heterocycles. The van der Waals surface area contributed by atoms with Gasteiger partial charge in [0.2, 0.25) is 6.04 Å². The second kappa shape index (κ2) is 6.01. The molecule has 1 aromatic carbocycles. The van der Waals surface area contributed by atoms with E-state index in [1.54, 1.807) is 10.6 Å². The van der Waals surface area contributed by atoms with Gasteiger partial charge in [0.15, 0.2) is 0 Å². The van der Waals surface area contributed by atoms with Crippen molar-refractivity contribution in [2.75, 3.05) is 0 Å². The average molecular weight is 320 g/mol. The Morgan fingerprint density at radius 2 is 1.39 bits per heavy atom. The smallest absolute Gasteiger partial charge is 0.335 e.